The average Bonchev–Trinajstić information content (AvgIpc) is 3.25. The van der Waals surface area contributed by atoms with E-state index in [0.717, 1.165) is 5.69 Å². The van der Waals surface area contributed by atoms with Gasteiger partial charge in [0.2, 0.25) is 11.0 Å². The fraction of sp³-hybridized carbons (Fsp3) is 0.111. The highest BCUT2D eigenvalue weighted by Gasteiger charge is 2.28. The average molecular weight is 482 g/mol. The molecule has 0 bridgehead atoms. The van der Waals surface area contributed by atoms with Crippen molar-refractivity contribution in [2.45, 2.75) is 15.7 Å². The van der Waals surface area contributed by atoms with Gasteiger partial charge in [-0.25, -0.2) is 0 Å². The van der Waals surface area contributed by atoms with E-state index in [2.05, 4.69) is 25.2 Å². The first-order valence-electron chi connectivity index (χ1n) is 8.54. The molecule has 3 aromatic rings. The first kappa shape index (κ1) is 22.2. The Bertz CT molecular complexity index is 1180. The molecule has 12 heteroatoms. The number of sulfonamides is 1. The molecule has 0 spiro atoms. The topological polar surface area (TPSA) is 113 Å². The van der Waals surface area contributed by atoms with Gasteiger partial charge in [-0.1, -0.05) is 53.4 Å². The summed E-state index contributed by atoms with van der Waals surface area (Å²) >= 11 is 2.68. The van der Waals surface area contributed by atoms with Gasteiger partial charge in [-0.3, -0.25) is 4.79 Å². The van der Waals surface area contributed by atoms with Crippen molar-refractivity contribution in [1.29, 1.82) is 0 Å². The first-order valence-corrected chi connectivity index (χ1v) is 11.8. The van der Waals surface area contributed by atoms with Crippen molar-refractivity contribution in [1.82, 2.24) is 10.2 Å². The van der Waals surface area contributed by atoms with Gasteiger partial charge in [0.15, 0.2) is 10.2 Å². The van der Waals surface area contributed by atoms with Gasteiger partial charge >= 0.3 is 0 Å². The molecule has 8 nitrogen and oxygen atoms in total. The number of anilines is 2. The van der Waals surface area contributed by atoms with E-state index in [1.165, 1.54) is 29.2 Å². The summed E-state index contributed by atoms with van der Waals surface area (Å²) in [4.78, 5) is 12.1. The minimum Gasteiger partial charge on any atom is -0.326 e. The maximum absolute atomic E-state index is 12.1. The number of amides is 1. The molecule has 2 heterocycles. The fourth-order valence-corrected chi connectivity index (χ4v) is 5.53. The molecule has 0 saturated heterocycles. The molecule has 2 aromatic carbocycles. The number of hydrogen-bond donors (Lipinski definition) is 2. The van der Waals surface area contributed by atoms with Crippen molar-refractivity contribution >= 4 is 68.1 Å². The standard InChI is InChI=1S/C18H15N5O3S3.ClH/c24-15(19-12-6-2-1-3-7-12)10-11-27-18-22-21-17(28-18)20-16-13-8-4-5-9-14(13)29(25,26)23-16;/h1-9H,10-11H2,(H,19,24)(H,20,21,23);1H. The molecule has 0 fully saturated rings. The maximum Gasteiger partial charge on any atom is 0.285 e. The summed E-state index contributed by atoms with van der Waals surface area (Å²) in [6.45, 7) is 0. The van der Waals surface area contributed by atoms with E-state index >= 15 is 0 Å². The molecule has 0 aliphatic carbocycles. The number of carbonyl (C=O) groups excluding carboxylic acids is 1. The monoisotopic (exact) mass is 481 g/mol. The number of halogens is 1. The van der Waals surface area contributed by atoms with E-state index in [4.69, 9.17) is 0 Å². The lowest BCUT2D eigenvalue weighted by Crippen LogP contribution is -2.11. The number of nitrogens with zero attached hydrogens (tertiary/aromatic N) is 3. The number of para-hydroxylation sites is 1. The lowest BCUT2D eigenvalue weighted by atomic mass is 10.2. The Labute approximate surface area is 187 Å². The number of fused-ring (bicyclic) bond motifs is 1. The van der Waals surface area contributed by atoms with E-state index in [9.17, 15) is 13.2 Å². The Morgan fingerprint density at radius 1 is 1.03 bits per heavy atom. The summed E-state index contributed by atoms with van der Waals surface area (Å²) in [5.41, 5.74) is 1.27. The molecule has 156 valence electrons. The maximum atomic E-state index is 12.1. The van der Waals surface area contributed by atoms with Gasteiger partial charge in [-0.15, -0.1) is 27.0 Å². The highest BCUT2D eigenvalue weighted by Crippen LogP contribution is 2.30. The second-order valence-corrected chi connectivity index (χ2v) is 9.81. The van der Waals surface area contributed by atoms with Crippen LogP contribution in [0, 0.1) is 0 Å². The normalized spacial score (nSPS) is 13.7. The minimum atomic E-state index is -3.69. The molecule has 0 saturated carbocycles. The zero-order valence-electron chi connectivity index (χ0n) is 15.3. The van der Waals surface area contributed by atoms with Crippen molar-refractivity contribution in [2.24, 2.45) is 4.40 Å². The highest BCUT2D eigenvalue weighted by molar-refractivity contribution is 8.01. The third kappa shape index (κ3) is 5.17. The van der Waals surface area contributed by atoms with Crippen LogP contribution in [0.2, 0.25) is 0 Å². The van der Waals surface area contributed by atoms with Gasteiger partial charge in [-0.05, 0) is 24.3 Å². The molecule has 4 rings (SSSR count). The Morgan fingerprint density at radius 2 is 1.77 bits per heavy atom. The van der Waals surface area contributed by atoms with Crippen LogP contribution >= 0.6 is 35.5 Å². The van der Waals surface area contributed by atoms with E-state index < -0.39 is 10.0 Å². The fourth-order valence-electron chi connectivity index (χ4n) is 2.59. The van der Waals surface area contributed by atoms with Crippen molar-refractivity contribution in [3.05, 3.63) is 60.2 Å². The number of benzene rings is 2. The minimum absolute atomic E-state index is 0. The van der Waals surface area contributed by atoms with Gasteiger partial charge in [0.25, 0.3) is 10.0 Å². The van der Waals surface area contributed by atoms with Crippen LogP contribution in [-0.2, 0) is 14.8 Å². The molecule has 30 heavy (non-hydrogen) atoms. The third-order valence-corrected chi connectivity index (χ3v) is 7.18. The van der Waals surface area contributed by atoms with E-state index in [1.807, 2.05) is 30.3 Å². The largest absolute Gasteiger partial charge is 0.326 e. The Kier molecular flexibility index (Phi) is 7.08. The van der Waals surface area contributed by atoms with Crippen LogP contribution in [-0.4, -0.2) is 36.1 Å². The van der Waals surface area contributed by atoms with Crippen LogP contribution in [0.1, 0.15) is 12.0 Å². The summed E-state index contributed by atoms with van der Waals surface area (Å²) in [7, 11) is -3.69. The van der Waals surface area contributed by atoms with Crippen molar-refractivity contribution in [2.75, 3.05) is 16.4 Å². The van der Waals surface area contributed by atoms with Crippen LogP contribution < -0.4 is 10.6 Å². The van der Waals surface area contributed by atoms with Gasteiger partial charge in [0.05, 0.1) is 0 Å². The van der Waals surface area contributed by atoms with Crippen LogP contribution in [0.15, 0.2) is 68.2 Å². The van der Waals surface area contributed by atoms with Gasteiger partial charge in [0.1, 0.15) is 4.90 Å². The van der Waals surface area contributed by atoms with Crippen molar-refractivity contribution < 1.29 is 13.2 Å². The zero-order chi connectivity index (χ0) is 20.3. The molecule has 1 aromatic heterocycles. The third-order valence-electron chi connectivity index (χ3n) is 3.88. The van der Waals surface area contributed by atoms with Crippen LogP contribution in [0.3, 0.4) is 0 Å². The molecular weight excluding hydrogens is 466 g/mol. The lowest BCUT2D eigenvalue weighted by Gasteiger charge is -2.03. The van der Waals surface area contributed by atoms with Gasteiger partial charge in [0, 0.05) is 23.4 Å². The molecule has 1 aliphatic heterocycles. The molecule has 1 amide bonds. The summed E-state index contributed by atoms with van der Waals surface area (Å²) < 4.78 is 28.6. The number of hydrogen-bond acceptors (Lipinski definition) is 8. The lowest BCUT2D eigenvalue weighted by molar-refractivity contribution is -0.115. The number of amidine groups is 1. The molecule has 2 N–H and O–H groups in total. The van der Waals surface area contributed by atoms with E-state index in [0.29, 0.717) is 27.2 Å². The number of thioether (sulfide) groups is 1. The van der Waals surface area contributed by atoms with E-state index in [1.54, 1.807) is 18.2 Å². The summed E-state index contributed by atoms with van der Waals surface area (Å²) in [6, 6.07) is 15.9. The second kappa shape index (κ2) is 9.56. The Morgan fingerprint density at radius 3 is 2.57 bits per heavy atom. The van der Waals surface area contributed by atoms with E-state index in [-0.39, 0.29) is 29.0 Å². The Balaban J connectivity index is 0.00000256. The van der Waals surface area contributed by atoms with Crippen LogP contribution in [0.5, 0.6) is 0 Å². The molecule has 1 aliphatic rings. The molecular formula is C18H16ClN5O3S3. The van der Waals surface area contributed by atoms with Crippen molar-refractivity contribution in [3.8, 4) is 0 Å². The number of rotatable bonds is 6. The number of carbonyl (C=O) groups is 1. The highest BCUT2D eigenvalue weighted by atomic mass is 35.5. The summed E-state index contributed by atoms with van der Waals surface area (Å²) in [5.74, 6) is 0.704. The zero-order valence-corrected chi connectivity index (χ0v) is 18.6. The molecule has 0 radical (unpaired) electrons. The van der Waals surface area contributed by atoms with Crippen LogP contribution in [0.25, 0.3) is 0 Å². The molecule has 0 atom stereocenters. The number of aromatic nitrogens is 2. The SMILES string of the molecule is Cl.O=C(CCSc1nnc(NC2=NS(=O)(=O)c3ccccc32)s1)Nc1ccccc1. The smallest absolute Gasteiger partial charge is 0.285 e. The Hall–Kier alpha value is -2.47. The predicted molar refractivity (Wildman–Crippen MR) is 121 cm³/mol. The quantitative estimate of drug-likeness (QED) is 0.516. The van der Waals surface area contributed by atoms with Crippen LogP contribution in [0.4, 0.5) is 10.8 Å². The molecule has 0 unspecified atom stereocenters. The summed E-state index contributed by atoms with van der Waals surface area (Å²) in [6.07, 6.45) is 0.334. The number of nitrogens with one attached hydrogen (secondary N) is 2. The van der Waals surface area contributed by atoms with Gasteiger partial charge < -0.3 is 10.6 Å². The van der Waals surface area contributed by atoms with Crippen molar-refractivity contribution in [3.63, 3.8) is 0 Å². The predicted octanol–water partition coefficient (Wildman–Crippen LogP) is 3.64. The van der Waals surface area contributed by atoms with Gasteiger partial charge in [-0.2, -0.15) is 8.42 Å². The summed E-state index contributed by atoms with van der Waals surface area (Å²) in [5, 5.41) is 14.3. The first-order chi connectivity index (χ1) is 14.0. The second-order valence-electron chi connectivity index (χ2n) is 5.92.